The fraction of sp³-hybridized carbons (Fsp3) is 0.300. The lowest BCUT2D eigenvalue weighted by Crippen LogP contribution is -2.39. The Morgan fingerprint density at radius 3 is 2.60 bits per heavy atom. The Kier molecular flexibility index (Phi) is 5.57. The lowest BCUT2D eigenvalue weighted by atomic mass is 9.96. The minimum atomic E-state index is 0.105. The van der Waals surface area contributed by atoms with Gasteiger partial charge in [0.25, 0.3) is 5.91 Å². The topological polar surface area (TPSA) is 56.1 Å². The number of anilines is 1. The zero-order valence-electron chi connectivity index (χ0n) is 13.9. The van der Waals surface area contributed by atoms with Crippen LogP contribution in [-0.2, 0) is 0 Å². The van der Waals surface area contributed by atoms with Crippen molar-refractivity contribution in [3.05, 3.63) is 64.7 Å². The van der Waals surface area contributed by atoms with E-state index in [9.17, 15) is 10.1 Å². The number of nitrogens with zero attached hydrogens (tertiary/aromatic N) is 2. The molecular weight excluding hydrogens is 334 g/mol. The maximum atomic E-state index is 12.5. The molecule has 1 saturated heterocycles. The molecule has 0 atom stereocenters. The van der Waals surface area contributed by atoms with Crippen molar-refractivity contribution in [1.29, 1.82) is 5.26 Å². The summed E-state index contributed by atoms with van der Waals surface area (Å²) >= 11 is 6.01. The van der Waals surface area contributed by atoms with Crippen molar-refractivity contribution in [3.8, 4) is 6.07 Å². The van der Waals surface area contributed by atoms with Gasteiger partial charge in [-0.15, -0.1) is 0 Å². The molecule has 0 unspecified atom stereocenters. The van der Waals surface area contributed by atoms with Gasteiger partial charge in [-0.1, -0.05) is 29.8 Å². The Morgan fingerprint density at radius 2 is 1.92 bits per heavy atom. The lowest BCUT2D eigenvalue weighted by Gasteiger charge is -2.32. The van der Waals surface area contributed by atoms with Crippen molar-refractivity contribution >= 4 is 23.2 Å². The molecule has 0 bridgehead atoms. The summed E-state index contributed by atoms with van der Waals surface area (Å²) in [5.41, 5.74) is 2.12. The van der Waals surface area contributed by atoms with Gasteiger partial charge in [-0.2, -0.15) is 5.26 Å². The van der Waals surface area contributed by atoms with Crippen molar-refractivity contribution in [3.63, 3.8) is 0 Å². The van der Waals surface area contributed by atoms with Crippen LogP contribution in [0, 0.1) is 17.2 Å². The molecule has 3 rings (SSSR count). The quantitative estimate of drug-likeness (QED) is 0.897. The van der Waals surface area contributed by atoms with Crippen LogP contribution in [-0.4, -0.2) is 30.4 Å². The predicted octanol–water partition coefficient (Wildman–Crippen LogP) is 4.18. The zero-order chi connectivity index (χ0) is 17.6. The molecule has 5 heteroatoms. The monoisotopic (exact) mass is 353 g/mol. The molecule has 1 aliphatic heterocycles. The fourth-order valence-corrected chi connectivity index (χ4v) is 3.29. The molecule has 0 saturated carbocycles. The number of rotatable bonds is 4. The molecule has 1 heterocycles. The summed E-state index contributed by atoms with van der Waals surface area (Å²) in [4.78, 5) is 14.4. The summed E-state index contributed by atoms with van der Waals surface area (Å²) in [6, 6.07) is 16.8. The number of nitrogens with one attached hydrogen (secondary N) is 1. The van der Waals surface area contributed by atoms with E-state index < -0.39 is 0 Å². The molecule has 1 N–H and O–H groups in total. The second-order valence-corrected chi connectivity index (χ2v) is 6.72. The molecule has 1 fully saturated rings. The first kappa shape index (κ1) is 17.3. The number of carbonyl (C=O) groups excluding carboxylic acids is 1. The van der Waals surface area contributed by atoms with E-state index in [0.717, 1.165) is 43.7 Å². The number of nitriles is 1. The summed E-state index contributed by atoms with van der Waals surface area (Å²) in [5.74, 6) is 0.582. The Morgan fingerprint density at radius 1 is 1.20 bits per heavy atom. The van der Waals surface area contributed by atoms with Crippen molar-refractivity contribution in [2.45, 2.75) is 12.8 Å². The van der Waals surface area contributed by atoms with E-state index in [2.05, 4.69) is 11.4 Å². The van der Waals surface area contributed by atoms with E-state index in [-0.39, 0.29) is 5.91 Å². The molecular formula is C20H20ClN3O. The number of piperidine rings is 1. The molecule has 0 radical (unpaired) electrons. The lowest BCUT2D eigenvalue weighted by molar-refractivity contribution is 0.0695. The standard InChI is InChI=1S/C20H20ClN3O/c21-18-7-6-17(13-22)19(12-18)23-14-15-8-10-24(11-9-15)20(25)16-4-2-1-3-5-16/h1-7,12,15,23H,8-11,14H2. The van der Waals surface area contributed by atoms with E-state index in [4.69, 9.17) is 11.6 Å². The average Bonchev–Trinajstić information content (AvgIpc) is 2.67. The number of amides is 1. The summed E-state index contributed by atoms with van der Waals surface area (Å²) < 4.78 is 0. The third-order valence-electron chi connectivity index (χ3n) is 4.61. The zero-order valence-corrected chi connectivity index (χ0v) is 14.7. The van der Waals surface area contributed by atoms with Crippen molar-refractivity contribution < 1.29 is 4.79 Å². The molecule has 1 aliphatic rings. The van der Waals surface area contributed by atoms with Crippen LogP contribution in [0.5, 0.6) is 0 Å². The van der Waals surface area contributed by atoms with E-state index in [1.54, 1.807) is 18.2 Å². The summed E-state index contributed by atoms with van der Waals surface area (Å²) in [6.07, 6.45) is 1.90. The molecule has 0 aromatic heterocycles. The molecule has 2 aromatic rings. The van der Waals surface area contributed by atoms with Crippen LogP contribution >= 0.6 is 11.6 Å². The van der Waals surface area contributed by atoms with E-state index in [1.807, 2.05) is 35.2 Å². The number of carbonyl (C=O) groups is 1. The highest BCUT2D eigenvalue weighted by atomic mass is 35.5. The maximum absolute atomic E-state index is 12.5. The first-order chi connectivity index (χ1) is 12.2. The van der Waals surface area contributed by atoms with Gasteiger partial charge in [0.05, 0.1) is 11.3 Å². The summed E-state index contributed by atoms with van der Waals surface area (Å²) in [5, 5.41) is 13.1. The van der Waals surface area contributed by atoms with E-state index >= 15 is 0 Å². The van der Waals surface area contributed by atoms with Gasteiger partial charge in [0.2, 0.25) is 0 Å². The number of halogens is 1. The highest BCUT2D eigenvalue weighted by Gasteiger charge is 2.23. The van der Waals surface area contributed by atoms with Crippen LogP contribution in [0.2, 0.25) is 5.02 Å². The van der Waals surface area contributed by atoms with Gasteiger partial charge in [0.1, 0.15) is 6.07 Å². The molecule has 2 aromatic carbocycles. The van der Waals surface area contributed by atoms with E-state index in [1.165, 1.54) is 0 Å². The predicted molar refractivity (Wildman–Crippen MR) is 99.7 cm³/mol. The van der Waals surface area contributed by atoms with Crippen LogP contribution in [0.25, 0.3) is 0 Å². The normalized spacial score (nSPS) is 14.8. The van der Waals surface area contributed by atoms with Crippen LogP contribution in [0.1, 0.15) is 28.8 Å². The second-order valence-electron chi connectivity index (χ2n) is 6.28. The molecule has 1 amide bonds. The third kappa shape index (κ3) is 4.32. The van der Waals surface area contributed by atoms with Crippen LogP contribution in [0.3, 0.4) is 0 Å². The highest BCUT2D eigenvalue weighted by Crippen LogP contribution is 2.23. The molecule has 25 heavy (non-hydrogen) atoms. The molecule has 128 valence electrons. The SMILES string of the molecule is N#Cc1ccc(Cl)cc1NCC1CCN(C(=O)c2ccccc2)CC1. The first-order valence-electron chi connectivity index (χ1n) is 8.45. The minimum Gasteiger partial charge on any atom is -0.384 e. The first-order valence-corrected chi connectivity index (χ1v) is 8.83. The fourth-order valence-electron chi connectivity index (χ4n) is 3.12. The molecule has 0 aliphatic carbocycles. The van der Waals surface area contributed by atoms with Gasteiger partial charge in [0, 0.05) is 30.2 Å². The van der Waals surface area contributed by atoms with Crippen LogP contribution in [0.15, 0.2) is 48.5 Å². The van der Waals surface area contributed by atoms with E-state index in [0.29, 0.717) is 16.5 Å². The van der Waals surface area contributed by atoms with Gasteiger partial charge in [-0.05, 0) is 49.1 Å². The largest absolute Gasteiger partial charge is 0.384 e. The third-order valence-corrected chi connectivity index (χ3v) is 4.84. The van der Waals surface area contributed by atoms with Gasteiger partial charge >= 0.3 is 0 Å². The van der Waals surface area contributed by atoms with Crippen molar-refractivity contribution in [2.24, 2.45) is 5.92 Å². The average molecular weight is 354 g/mol. The van der Waals surface area contributed by atoms with Gasteiger partial charge in [0.15, 0.2) is 0 Å². The van der Waals surface area contributed by atoms with Gasteiger partial charge in [-0.3, -0.25) is 4.79 Å². The maximum Gasteiger partial charge on any atom is 0.253 e. The second kappa shape index (κ2) is 8.04. The van der Waals surface area contributed by atoms with Crippen molar-refractivity contribution in [2.75, 3.05) is 25.0 Å². The number of hydrogen-bond donors (Lipinski definition) is 1. The van der Waals surface area contributed by atoms with Gasteiger partial charge < -0.3 is 10.2 Å². The Balaban J connectivity index is 1.53. The van der Waals surface area contributed by atoms with Crippen LogP contribution < -0.4 is 5.32 Å². The van der Waals surface area contributed by atoms with Gasteiger partial charge in [-0.25, -0.2) is 0 Å². The Bertz CT molecular complexity index is 777. The summed E-state index contributed by atoms with van der Waals surface area (Å²) in [6.45, 7) is 2.31. The molecule has 4 nitrogen and oxygen atoms in total. The van der Waals surface area contributed by atoms with Crippen molar-refractivity contribution in [1.82, 2.24) is 4.90 Å². The smallest absolute Gasteiger partial charge is 0.253 e. The molecule has 0 spiro atoms. The van der Waals surface area contributed by atoms with Crippen LogP contribution in [0.4, 0.5) is 5.69 Å². The number of benzene rings is 2. The number of hydrogen-bond acceptors (Lipinski definition) is 3. The minimum absolute atomic E-state index is 0.105. The number of likely N-dealkylation sites (tertiary alicyclic amines) is 1. The summed E-state index contributed by atoms with van der Waals surface area (Å²) in [7, 11) is 0. The highest BCUT2D eigenvalue weighted by molar-refractivity contribution is 6.30. The Labute approximate surface area is 153 Å². The Hall–Kier alpha value is -2.51.